The molecule has 0 saturated carbocycles. The molecule has 0 radical (unpaired) electrons. The predicted molar refractivity (Wildman–Crippen MR) is 124 cm³/mol. The van der Waals surface area contributed by atoms with E-state index in [2.05, 4.69) is 30.1 Å². The van der Waals surface area contributed by atoms with E-state index in [0.717, 1.165) is 54.6 Å². The van der Waals surface area contributed by atoms with Gasteiger partial charge < -0.3 is 10.2 Å². The summed E-state index contributed by atoms with van der Waals surface area (Å²) in [5.74, 6) is 0.770. The number of nitrogens with zero attached hydrogens (tertiary/aromatic N) is 6. The van der Waals surface area contributed by atoms with Gasteiger partial charge in [-0.15, -0.1) is 10.2 Å². The highest BCUT2D eigenvalue weighted by Gasteiger charge is 2.25. The van der Waals surface area contributed by atoms with Crippen LogP contribution in [0.1, 0.15) is 37.6 Å². The van der Waals surface area contributed by atoms with Gasteiger partial charge in [-0.1, -0.05) is 30.0 Å². The van der Waals surface area contributed by atoms with Crippen molar-refractivity contribution in [2.45, 2.75) is 50.4 Å². The summed E-state index contributed by atoms with van der Waals surface area (Å²) in [6, 6.07) is 10.1. The number of hydrogen-bond acceptors (Lipinski definition) is 6. The number of anilines is 2. The maximum atomic E-state index is 12.9. The second kappa shape index (κ2) is 9.13. The Balaban J connectivity index is 1.58. The molecule has 164 valence electrons. The molecule has 3 aromatic rings. The Morgan fingerprint density at radius 1 is 1.10 bits per heavy atom. The van der Waals surface area contributed by atoms with E-state index in [9.17, 15) is 4.79 Å². The molecular formula is C22H29N7OS. The minimum Gasteiger partial charge on any atom is -0.341 e. The monoisotopic (exact) mass is 439 g/mol. The molecule has 1 aromatic carbocycles. The Morgan fingerprint density at radius 3 is 2.45 bits per heavy atom. The number of hydrogen-bond donors (Lipinski definition) is 1. The number of thioether (sulfide) groups is 1. The van der Waals surface area contributed by atoms with Gasteiger partial charge in [-0.25, -0.2) is 0 Å². The van der Waals surface area contributed by atoms with Crippen LogP contribution in [0, 0.1) is 13.8 Å². The van der Waals surface area contributed by atoms with Crippen LogP contribution >= 0.6 is 11.8 Å². The molecule has 1 amide bonds. The van der Waals surface area contributed by atoms with E-state index in [1.807, 2.05) is 58.2 Å². The molecule has 1 saturated heterocycles. The highest BCUT2D eigenvalue weighted by Crippen LogP contribution is 2.31. The first-order valence-electron chi connectivity index (χ1n) is 10.7. The van der Waals surface area contributed by atoms with Crippen LogP contribution in [0.15, 0.2) is 35.5 Å². The lowest BCUT2D eigenvalue weighted by atomic mass is 10.1. The number of para-hydroxylation sites is 1. The summed E-state index contributed by atoms with van der Waals surface area (Å²) in [6.07, 6.45) is 3.57. The molecule has 1 aliphatic rings. The normalized spacial score (nSPS) is 15.2. The molecule has 4 rings (SSSR count). The zero-order chi connectivity index (χ0) is 22.0. The van der Waals surface area contributed by atoms with Gasteiger partial charge >= 0.3 is 0 Å². The van der Waals surface area contributed by atoms with Gasteiger partial charge in [-0.2, -0.15) is 5.10 Å². The van der Waals surface area contributed by atoms with Crippen molar-refractivity contribution in [1.29, 1.82) is 0 Å². The van der Waals surface area contributed by atoms with Crippen molar-refractivity contribution in [3.8, 4) is 5.69 Å². The van der Waals surface area contributed by atoms with Crippen molar-refractivity contribution >= 4 is 29.3 Å². The van der Waals surface area contributed by atoms with E-state index in [1.165, 1.54) is 18.2 Å². The zero-order valence-corrected chi connectivity index (χ0v) is 19.3. The quantitative estimate of drug-likeness (QED) is 0.590. The predicted octanol–water partition coefficient (Wildman–Crippen LogP) is 3.73. The molecule has 31 heavy (non-hydrogen) atoms. The largest absolute Gasteiger partial charge is 0.341 e. The first kappa shape index (κ1) is 21.4. The van der Waals surface area contributed by atoms with Crippen molar-refractivity contribution < 1.29 is 4.79 Å². The molecule has 1 N–H and O–H groups in total. The van der Waals surface area contributed by atoms with Crippen LogP contribution in [-0.2, 0) is 11.8 Å². The SMILES string of the molecule is Cc1nn(C)c(C)c1NC(=O)[C@@H](C)Sc1nnc(N2CCCCC2)n1-c1ccccc1. The molecule has 2 aromatic heterocycles. The first-order valence-corrected chi connectivity index (χ1v) is 11.6. The molecule has 1 aliphatic heterocycles. The molecule has 1 atom stereocenters. The van der Waals surface area contributed by atoms with Gasteiger partial charge in [-0.05, 0) is 52.2 Å². The lowest BCUT2D eigenvalue weighted by Crippen LogP contribution is -2.31. The number of rotatable bonds is 6. The number of nitrogens with one attached hydrogen (secondary N) is 1. The zero-order valence-electron chi connectivity index (χ0n) is 18.5. The van der Waals surface area contributed by atoms with Crippen LogP contribution in [0.25, 0.3) is 5.69 Å². The van der Waals surface area contributed by atoms with Gasteiger partial charge in [0.25, 0.3) is 0 Å². The Morgan fingerprint density at radius 2 is 1.81 bits per heavy atom. The average molecular weight is 440 g/mol. The van der Waals surface area contributed by atoms with Gasteiger partial charge in [0.1, 0.15) is 0 Å². The Labute approximate surface area is 187 Å². The van der Waals surface area contributed by atoms with E-state index in [-0.39, 0.29) is 11.2 Å². The van der Waals surface area contributed by atoms with E-state index in [0.29, 0.717) is 5.16 Å². The lowest BCUT2D eigenvalue weighted by Gasteiger charge is -2.28. The van der Waals surface area contributed by atoms with Crippen LogP contribution in [0.2, 0.25) is 0 Å². The van der Waals surface area contributed by atoms with Crippen molar-refractivity contribution in [2.75, 3.05) is 23.3 Å². The molecule has 3 heterocycles. The highest BCUT2D eigenvalue weighted by atomic mass is 32.2. The van der Waals surface area contributed by atoms with Crippen LogP contribution in [-0.4, -0.2) is 48.8 Å². The van der Waals surface area contributed by atoms with Crippen molar-refractivity contribution in [2.24, 2.45) is 7.05 Å². The second-order valence-electron chi connectivity index (χ2n) is 7.92. The molecule has 0 aliphatic carbocycles. The fraction of sp³-hybridized carbons (Fsp3) is 0.455. The molecule has 8 nitrogen and oxygen atoms in total. The molecule has 9 heteroatoms. The summed E-state index contributed by atoms with van der Waals surface area (Å²) < 4.78 is 3.85. The number of piperidine rings is 1. The third-order valence-electron chi connectivity index (χ3n) is 5.68. The standard InChI is InChI=1S/C22H29N7OS/c1-15-19(16(2)27(4)26-15)23-20(30)17(3)31-22-25-24-21(28-13-9-6-10-14-28)29(22)18-11-7-5-8-12-18/h5,7-8,11-12,17H,6,9-10,13-14H2,1-4H3,(H,23,30)/t17-/m1/s1. The maximum Gasteiger partial charge on any atom is 0.237 e. The Kier molecular flexibility index (Phi) is 6.31. The van der Waals surface area contributed by atoms with Gasteiger partial charge in [0.2, 0.25) is 11.9 Å². The number of amides is 1. The van der Waals surface area contributed by atoms with Crippen molar-refractivity contribution in [1.82, 2.24) is 24.5 Å². The van der Waals surface area contributed by atoms with Gasteiger partial charge in [0.05, 0.1) is 28.0 Å². The second-order valence-corrected chi connectivity index (χ2v) is 9.23. The smallest absolute Gasteiger partial charge is 0.237 e. The van der Waals surface area contributed by atoms with Crippen LogP contribution in [0.3, 0.4) is 0 Å². The summed E-state index contributed by atoms with van der Waals surface area (Å²) in [4.78, 5) is 15.2. The number of aryl methyl sites for hydroxylation is 2. The first-order chi connectivity index (χ1) is 15.0. The maximum absolute atomic E-state index is 12.9. The van der Waals surface area contributed by atoms with Crippen molar-refractivity contribution in [3.63, 3.8) is 0 Å². The van der Waals surface area contributed by atoms with E-state index >= 15 is 0 Å². The van der Waals surface area contributed by atoms with E-state index in [4.69, 9.17) is 0 Å². The van der Waals surface area contributed by atoms with Crippen LogP contribution in [0.4, 0.5) is 11.6 Å². The van der Waals surface area contributed by atoms with E-state index in [1.54, 1.807) is 4.68 Å². The average Bonchev–Trinajstić information content (AvgIpc) is 3.30. The number of aromatic nitrogens is 5. The summed E-state index contributed by atoms with van der Waals surface area (Å²) in [5, 5.41) is 16.8. The van der Waals surface area contributed by atoms with Gasteiger partial charge in [0, 0.05) is 20.1 Å². The molecular weight excluding hydrogens is 410 g/mol. The molecule has 0 unspecified atom stereocenters. The number of carbonyl (C=O) groups is 1. The topological polar surface area (TPSA) is 80.9 Å². The molecule has 0 bridgehead atoms. The highest BCUT2D eigenvalue weighted by molar-refractivity contribution is 8.00. The third-order valence-corrected chi connectivity index (χ3v) is 6.72. The fourth-order valence-corrected chi connectivity index (χ4v) is 4.69. The van der Waals surface area contributed by atoms with Gasteiger partial charge in [0.15, 0.2) is 5.16 Å². The number of carbonyl (C=O) groups excluding carboxylic acids is 1. The van der Waals surface area contributed by atoms with Crippen LogP contribution in [0.5, 0.6) is 0 Å². The summed E-state index contributed by atoms with van der Waals surface area (Å²) in [5.41, 5.74) is 3.52. The molecule has 1 fully saturated rings. The summed E-state index contributed by atoms with van der Waals surface area (Å²) >= 11 is 1.42. The number of benzene rings is 1. The van der Waals surface area contributed by atoms with Crippen LogP contribution < -0.4 is 10.2 Å². The Hall–Kier alpha value is -2.81. The minimum atomic E-state index is -0.347. The van der Waals surface area contributed by atoms with Gasteiger partial charge in [-0.3, -0.25) is 14.0 Å². The Bertz CT molecular complexity index is 1050. The third kappa shape index (κ3) is 4.46. The summed E-state index contributed by atoms with van der Waals surface area (Å²) in [7, 11) is 1.88. The lowest BCUT2D eigenvalue weighted by molar-refractivity contribution is -0.115. The van der Waals surface area contributed by atoms with E-state index < -0.39 is 0 Å². The van der Waals surface area contributed by atoms with Crippen molar-refractivity contribution in [3.05, 3.63) is 41.7 Å². The minimum absolute atomic E-state index is 0.0775. The molecule has 0 spiro atoms. The fourth-order valence-electron chi connectivity index (χ4n) is 3.83. The summed E-state index contributed by atoms with van der Waals surface area (Å²) in [6.45, 7) is 7.70.